The number of hydrogen-bond acceptors (Lipinski definition) is 12. The summed E-state index contributed by atoms with van der Waals surface area (Å²) < 4.78 is 0. The molecule has 0 fully saturated rings. The molecule has 12 rings (SSSR count). The first-order chi connectivity index (χ1) is 64.4. The molecule has 0 bridgehead atoms. The summed E-state index contributed by atoms with van der Waals surface area (Å²) in [7, 11) is 0. The van der Waals surface area contributed by atoms with Gasteiger partial charge in [0.2, 0.25) is 0 Å². The van der Waals surface area contributed by atoms with E-state index in [1.54, 1.807) is 0 Å². The predicted molar refractivity (Wildman–Crippen MR) is 624 cm³/mol. The number of pyridine rings is 4. The molecule has 12 aromatic rings. The number of hydrogen-bond donors (Lipinski definition) is 0. The summed E-state index contributed by atoms with van der Waals surface area (Å²) in [5.74, 6) is 4.83. The number of para-hydroxylation sites is 8. The fraction of sp³-hybridized carbons (Fsp3) is 0.372. The summed E-state index contributed by atoms with van der Waals surface area (Å²) in [5, 5.41) is 0. The maximum absolute atomic E-state index is 5.15. The molecule has 12 nitrogen and oxygen atoms in total. The van der Waals surface area contributed by atoms with Crippen molar-refractivity contribution >= 4 is 91.2 Å². The van der Waals surface area contributed by atoms with Gasteiger partial charge in [0.25, 0.3) is 0 Å². The van der Waals surface area contributed by atoms with Crippen molar-refractivity contribution < 1.29 is 68.3 Å². The Labute approximate surface area is 922 Å². The summed E-state index contributed by atoms with van der Waals surface area (Å²) in [6.07, 6.45) is 0. The molecule has 0 atom stereocenters. The molecular weight excluding hydrogens is 1940 g/mol. The molecule has 16 heteroatoms. The van der Waals surface area contributed by atoms with Crippen molar-refractivity contribution in [3.63, 3.8) is 0 Å². The molecule has 780 valence electrons. The third kappa shape index (κ3) is 36.1. The van der Waals surface area contributed by atoms with Crippen LogP contribution in [0, 0.1) is 64.8 Å². The largest absolute Gasteiger partial charge is 2.00 e. The van der Waals surface area contributed by atoms with Gasteiger partial charge in [-0.3, -0.25) is 39.9 Å². The molecule has 0 saturated heterocycles. The van der Waals surface area contributed by atoms with Crippen LogP contribution in [0.1, 0.15) is 427 Å². The van der Waals surface area contributed by atoms with E-state index >= 15 is 0 Å². The Morgan fingerprint density at radius 2 is 0.248 bits per heavy atom. The van der Waals surface area contributed by atoms with Crippen molar-refractivity contribution in [2.45, 2.75) is 320 Å². The second-order valence-electron chi connectivity index (χ2n) is 40.3. The number of benzene rings is 8. The summed E-state index contributed by atoms with van der Waals surface area (Å²) in [4.78, 5) is 60.4. The van der Waals surface area contributed by atoms with Crippen LogP contribution >= 0.6 is 0 Å². The van der Waals surface area contributed by atoms with E-state index in [0.717, 1.165) is 137 Å². The van der Waals surface area contributed by atoms with Gasteiger partial charge in [0, 0.05) is 34.1 Å². The first kappa shape index (κ1) is 135. The van der Waals surface area contributed by atoms with Crippen LogP contribution in [0.2, 0.25) is 0 Å². The van der Waals surface area contributed by atoms with Gasteiger partial charge in [-0.25, -0.2) is 19.9 Å². The van der Waals surface area contributed by atoms with Gasteiger partial charge in [0.05, 0.1) is 137 Å². The van der Waals surface area contributed by atoms with Crippen LogP contribution in [-0.2, 0) is 68.3 Å². The topological polar surface area (TPSA) is 150 Å². The fourth-order valence-electron chi connectivity index (χ4n) is 17.0. The van der Waals surface area contributed by atoms with Crippen LogP contribution in [0.25, 0.3) is 0 Å². The van der Waals surface area contributed by atoms with Crippen LogP contribution in [0.4, 0.5) is 45.5 Å². The molecular formula is C129H171Fe4N12-. The number of aliphatic imine (C=N–C) groups is 8. The van der Waals surface area contributed by atoms with E-state index in [2.05, 4.69) is 399 Å². The van der Waals surface area contributed by atoms with Gasteiger partial charge in [0.15, 0.2) is 0 Å². The molecule has 0 aliphatic heterocycles. The van der Waals surface area contributed by atoms with Gasteiger partial charge < -0.3 is 37.1 Å². The van der Waals surface area contributed by atoms with E-state index in [4.69, 9.17) is 59.9 Å². The first-order valence-electron chi connectivity index (χ1n) is 49.6. The van der Waals surface area contributed by atoms with Gasteiger partial charge in [-0.1, -0.05) is 336 Å². The Morgan fingerprint density at radius 3 is 0.352 bits per heavy atom. The molecule has 0 saturated carbocycles. The Kier molecular flexibility index (Phi) is 58.4. The van der Waals surface area contributed by atoms with E-state index in [9.17, 15) is 0 Å². The van der Waals surface area contributed by atoms with E-state index in [1.165, 1.54) is 89.0 Å². The minimum Gasteiger partial charge on any atom is -0.358 e. The van der Waals surface area contributed by atoms with E-state index in [0.29, 0.717) is 71.0 Å². The summed E-state index contributed by atoms with van der Waals surface area (Å²) in [6, 6.07) is 76.2. The number of aryl methyl sites for hydroxylation is 4. The Morgan fingerprint density at radius 1 is 0.159 bits per heavy atom. The Balaban J connectivity index is 0.00000188. The van der Waals surface area contributed by atoms with E-state index in [-0.39, 0.29) is 105 Å². The van der Waals surface area contributed by atoms with Gasteiger partial charge >= 0.3 is 34.1 Å². The minimum absolute atomic E-state index is 0. The molecule has 0 unspecified atom stereocenters. The van der Waals surface area contributed by atoms with Crippen molar-refractivity contribution in [2.75, 3.05) is 0 Å². The molecule has 0 amide bonds. The number of rotatable bonds is 28. The molecule has 0 aliphatic carbocycles. The molecule has 0 spiro atoms. The zero-order chi connectivity index (χ0) is 100.0. The van der Waals surface area contributed by atoms with Gasteiger partial charge in [-0.15, -0.1) is 0 Å². The normalized spacial score (nSPS) is 12.0. The molecule has 0 N–H and O–H groups in total. The average molecular weight is 2110 g/mol. The monoisotopic (exact) mass is 2110 g/mol. The van der Waals surface area contributed by atoms with Crippen LogP contribution in [0.3, 0.4) is 0 Å². The molecule has 8 aromatic carbocycles. The fourth-order valence-corrected chi connectivity index (χ4v) is 17.0. The van der Waals surface area contributed by atoms with Crippen molar-refractivity contribution in [3.8, 4) is 0 Å². The Hall–Kier alpha value is -10.2. The van der Waals surface area contributed by atoms with Crippen LogP contribution < -0.4 is 0 Å². The van der Waals surface area contributed by atoms with Crippen molar-refractivity contribution in [1.29, 1.82) is 0 Å². The Bertz CT molecular complexity index is 5380. The van der Waals surface area contributed by atoms with Gasteiger partial charge in [-0.2, -0.15) is 0 Å². The third-order valence-corrected chi connectivity index (χ3v) is 25.1. The predicted octanol–water partition coefficient (Wildman–Crippen LogP) is 38.4. The second-order valence-corrected chi connectivity index (χ2v) is 40.3. The smallest absolute Gasteiger partial charge is 0.358 e. The summed E-state index contributed by atoms with van der Waals surface area (Å²) in [6.45, 7) is 78.2. The molecule has 0 aliphatic rings. The summed E-state index contributed by atoms with van der Waals surface area (Å²) >= 11 is 0. The van der Waals surface area contributed by atoms with Crippen molar-refractivity contribution in [1.82, 2.24) is 19.9 Å². The second kappa shape index (κ2) is 62.8. The van der Waals surface area contributed by atoms with Gasteiger partial charge in [0.1, 0.15) is 0 Å². The third-order valence-electron chi connectivity index (χ3n) is 25.1. The standard InChI is InChI=1S/3C33H43N3.C25H27N3.5CH3.4Fe/c3*1-20(2)26-14-11-15-27(21(3)4)32(26)34-24(9)30-18-13-19-31(36-30)25(10)35-33-28(22(5)6)16-12-17-29(33)23(7)8;1-16-10-7-11-17(2)24(16)26-20(5)22-14-9-15-23(28-22)21(6)27-25-18(3)12-8-13-19(25)4;;;;;;;;;/h3*11-23H,1-10H3;7-15H,1-6H3;5*1H3;;;;/q;;;;5*-1;;;2*+2. The number of aromatic nitrogens is 4. The zero-order valence-corrected chi connectivity index (χ0v) is 99.9. The van der Waals surface area contributed by atoms with Gasteiger partial charge in [-0.05, 0) is 292 Å². The quantitative estimate of drug-likeness (QED) is 0.0272. The summed E-state index contributed by atoms with van der Waals surface area (Å²) in [5.41, 5.74) is 43.0. The van der Waals surface area contributed by atoms with Crippen LogP contribution in [0.15, 0.2) is 258 Å². The SMILES string of the molecule is CC(=Nc1c(C(C)C)cccc1C(C)C)c1cccc(C(C)=Nc2c(C(C)C)cccc2C(C)C)n1.CC(=Nc1c(C(C)C)cccc1C(C)C)c1cccc(C(C)=Nc2c(C(C)C)cccc2C(C)C)n1.CC(=Nc1c(C(C)C)cccc1C(C)C)c1cccc(C(C)=Nc2c(C(C)C)cccc2C(C)C)n1.CC(=Nc1c(C)cccc1C)c1cccc(C(C)=Nc2c(C)cccc2C)n1.[CH3-].[CH3-].[CH3-].[CH3-].[CH3-].[Fe+2].[Fe+2].[Fe].[Fe]. The molecule has 145 heavy (non-hydrogen) atoms. The maximum Gasteiger partial charge on any atom is 2.00 e. The van der Waals surface area contributed by atoms with Crippen LogP contribution in [0.5, 0.6) is 0 Å². The van der Waals surface area contributed by atoms with Crippen LogP contribution in [-0.4, -0.2) is 65.6 Å². The molecule has 0 radical (unpaired) electrons. The average Bonchev–Trinajstić information content (AvgIpc) is 0.781. The maximum atomic E-state index is 5.15. The van der Waals surface area contributed by atoms with Crippen molar-refractivity contribution in [2.24, 2.45) is 39.9 Å². The van der Waals surface area contributed by atoms with Crippen molar-refractivity contribution in [3.05, 3.63) is 390 Å². The number of nitrogens with zero attached hydrogens (tertiary/aromatic N) is 12. The molecule has 4 aromatic heterocycles. The van der Waals surface area contributed by atoms with E-state index < -0.39 is 0 Å². The first-order valence-corrected chi connectivity index (χ1v) is 49.6. The molecule has 4 heterocycles. The van der Waals surface area contributed by atoms with E-state index in [1.807, 2.05) is 68.4 Å². The minimum atomic E-state index is 0. The zero-order valence-electron chi connectivity index (χ0n) is 95.5.